The van der Waals surface area contributed by atoms with Gasteiger partial charge in [-0.2, -0.15) is 0 Å². The number of benzene rings is 2. The molecule has 0 radical (unpaired) electrons. The molecule has 1 amide bonds. The molecule has 0 heterocycles. The number of halogens is 1. The van der Waals surface area contributed by atoms with Gasteiger partial charge in [-0.25, -0.2) is 0 Å². The van der Waals surface area contributed by atoms with E-state index in [0.717, 1.165) is 17.5 Å². The van der Waals surface area contributed by atoms with Crippen molar-refractivity contribution in [2.45, 2.75) is 26.3 Å². The minimum Gasteiger partial charge on any atom is -0.482 e. The molecule has 0 saturated heterocycles. The van der Waals surface area contributed by atoms with Gasteiger partial charge >= 0.3 is 0 Å². The Morgan fingerprint density at radius 1 is 1.18 bits per heavy atom. The van der Waals surface area contributed by atoms with E-state index < -0.39 is 0 Å². The fraction of sp³-hybridized carbons (Fsp3) is 0.278. The molecule has 0 aliphatic carbocycles. The van der Waals surface area contributed by atoms with Crippen LogP contribution in [-0.4, -0.2) is 18.6 Å². The molecule has 0 aromatic heterocycles. The van der Waals surface area contributed by atoms with Crippen molar-refractivity contribution in [1.82, 2.24) is 5.32 Å². The van der Waals surface area contributed by atoms with E-state index in [9.17, 15) is 4.79 Å². The highest BCUT2D eigenvalue weighted by Gasteiger charge is 2.09. The molecule has 0 bridgehead atoms. The van der Waals surface area contributed by atoms with E-state index in [1.54, 1.807) is 6.07 Å². The summed E-state index contributed by atoms with van der Waals surface area (Å²) in [4.78, 5) is 11.7. The molecule has 0 aliphatic heterocycles. The molecular weight excluding hydrogens is 298 g/mol. The first-order valence-electron chi connectivity index (χ1n) is 7.37. The van der Waals surface area contributed by atoms with Crippen LogP contribution < -0.4 is 10.1 Å². The number of amides is 1. The molecule has 2 rings (SSSR count). The van der Waals surface area contributed by atoms with Gasteiger partial charge in [-0.05, 0) is 36.6 Å². The molecular formula is C18H20ClNO2. The number of nitrogens with one attached hydrogen (secondary N) is 1. The predicted octanol–water partition coefficient (Wildman–Crippen LogP) is 4.30. The number of rotatable bonds is 6. The average molecular weight is 318 g/mol. The Balaban J connectivity index is 2.00. The first-order valence-corrected chi connectivity index (χ1v) is 7.75. The van der Waals surface area contributed by atoms with Crippen LogP contribution in [0.1, 0.15) is 20.3 Å². The molecule has 22 heavy (non-hydrogen) atoms. The zero-order valence-electron chi connectivity index (χ0n) is 12.8. The van der Waals surface area contributed by atoms with Crippen molar-refractivity contribution in [2.24, 2.45) is 0 Å². The molecule has 4 heteroatoms. The van der Waals surface area contributed by atoms with Crippen molar-refractivity contribution in [3.8, 4) is 16.9 Å². The van der Waals surface area contributed by atoms with Crippen LogP contribution in [0.15, 0.2) is 48.5 Å². The maximum atomic E-state index is 11.7. The summed E-state index contributed by atoms with van der Waals surface area (Å²) in [5, 5.41) is 3.35. The van der Waals surface area contributed by atoms with E-state index >= 15 is 0 Å². The highest BCUT2D eigenvalue weighted by Crippen LogP contribution is 2.30. The van der Waals surface area contributed by atoms with Gasteiger partial charge in [0, 0.05) is 6.04 Å². The smallest absolute Gasteiger partial charge is 0.258 e. The van der Waals surface area contributed by atoms with E-state index in [4.69, 9.17) is 16.3 Å². The number of carbonyl (C=O) groups excluding carboxylic acids is 1. The number of ether oxygens (including phenoxy) is 1. The topological polar surface area (TPSA) is 38.3 Å². The van der Waals surface area contributed by atoms with Crippen molar-refractivity contribution in [3.05, 3.63) is 53.6 Å². The minimum absolute atomic E-state index is 0.0330. The normalized spacial score (nSPS) is 11.8. The van der Waals surface area contributed by atoms with Gasteiger partial charge in [-0.3, -0.25) is 4.79 Å². The summed E-state index contributed by atoms with van der Waals surface area (Å²) in [5.74, 6) is 0.373. The summed E-state index contributed by atoms with van der Waals surface area (Å²) >= 11 is 6.24. The molecule has 2 aromatic carbocycles. The zero-order valence-corrected chi connectivity index (χ0v) is 13.6. The Bertz CT molecular complexity index is 628. The molecule has 116 valence electrons. The summed E-state index contributed by atoms with van der Waals surface area (Å²) in [6.45, 7) is 3.94. The lowest BCUT2D eigenvalue weighted by atomic mass is 10.1. The lowest BCUT2D eigenvalue weighted by Gasteiger charge is -2.13. The van der Waals surface area contributed by atoms with Crippen LogP contribution in [0.3, 0.4) is 0 Å². The Kier molecular flexibility index (Phi) is 5.84. The van der Waals surface area contributed by atoms with Crippen molar-refractivity contribution < 1.29 is 9.53 Å². The summed E-state index contributed by atoms with van der Waals surface area (Å²) in [5.41, 5.74) is 2.10. The molecule has 0 aliphatic rings. The van der Waals surface area contributed by atoms with Gasteiger partial charge in [-0.1, -0.05) is 54.9 Å². The molecule has 0 saturated carbocycles. The highest BCUT2D eigenvalue weighted by atomic mass is 35.5. The van der Waals surface area contributed by atoms with Gasteiger partial charge in [0.05, 0.1) is 5.02 Å². The number of hydrogen-bond donors (Lipinski definition) is 1. The Morgan fingerprint density at radius 2 is 1.91 bits per heavy atom. The highest BCUT2D eigenvalue weighted by molar-refractivity contribution is 6.32. The Morgan fingerprint density at radius 3 is 2.55 bits per heavy atom. The van der Waals surface area contributed by atoms with Crippen LogP contribution in [0, 0.1) is 0 Å². The van der Waals surface area contributed by atoms with Crippen molar-refractivity contribution in [1.29, 1.82) is 0 Å². The summed E-state index contributed by atoms with van der Waals surface area (Å²) < 4.78 is 5.49. The molecule has 2 aromatic rings. The van der Waals surface area contributed by atoms with Crippen LogP contribution in [0.4, 0.5) is 0 Å². The van der Waals surface area contributed by atoms with Gasteiger partial charge in [0.15, 0.2) is 6.61 Å². The lowest BCUT2D eigenvalue weighted by Crippen LogP contribution is -2.35. The second-order valence-corrected chi connectivity index (χ2v) is 5.58. The molecule has 0 fully saturated rings. The van der Waals surface area contributed by atoms with Crippen LogP contribution in [0.2, 0.25) is 5.02 Å². The van der Waals surface area contributed by atoms with Crippen LogP contribution >= 0.6 is 11.6 Å². The largest absolute Gasteiger partial charge is 0.482 e. The monoisotopic (exact) mass is 317 g/mol. The van der Waals surface area contributed by atoms with E-state index in [-0.39, 0.29) is 18.6 Å². The standard InChI is InChI=1S/C18H20ClNO2/c1-3-13(2)20-18(21)12-22-17-10-9-15(11-16(17)19)14-7-5-4-6-8-14/h4-11,13H,3,12H2,1-2H3,(H,20,21). The maximum absolute atomic E-state index is 11.7. The third-order valence-electron chi connectivity index (χ3n) is 3.42. The fourth-order valence-corrected chi connectivity index (χ4v) is 2.23. The first-order chi connectivity index (χ1) is 10.6. The Hall–Kier alpha value is -2.00. The van der Waals surface area contributed by atoms with Gasteiger partial charge < -0.3 is 10.1 Å². The maximum Gasteiger partial charge on any atom is 0.258 e. The van der Waals surface area contributed by atoms with Crippen LogP contribution in [0.25, 0.3) is 11.1 Å². The first kappa shape index (κ1) is 16.4. The quantitative estimate of drug-likeness (QED) is 0.862. The lowest BCUT2D eigenvalue weighted by molar-refractivity contribution is -0.123. The van der Waals surface area contributed by atoms with Crippen LogP contribution in [-0.2, 0) is 4.79 Å². The molecule has 3 nitrogen and oxygen atoms in total. The summed E-state index contributed by atoms with van der Waals surface area (Å²) in [6, 6.07) is 15.7. The molecule has 1 N–H and O–H groups in total. The fourth-order valence-electron chi connectivity index (χ4n) is 1.99. The predicted molar refractivity (Wildman–Crippen MR) is 90.3 cm³/mol. The van der Waals surface area contributed by atoms with E-state index in [0.29, 0.717) is 10.8 Å². The molecule has 1 atom stereocenters. The SMILES string of the molecule is CCC(C)NC(=O)COc1ccc(-c2ccccc2)cc1Cl. The van der Waals surface area contributed by atoms with Gasteiger partial charge in [0.2, 0.25) is 0 Å². The second kappa shape index (κ2) is 7.85. The van der Waals surface area contributed by atoms with Gasteiger partial charge in [0.25, 0.3) is 5.91 Å². The molecule has 1 unspecified atom stereocenters. The van der Waals surface area contributed by atoms with Gasteiger partial charge in [0.1, 0.15) is 5.75 Å². The third kappa shape index (κ3) is 4.50. The van der Waals surface area contributed by atoms with Crippen molar-refractivity contribution >= 4 is 17.5 Å². The van der Waals surface area contributed by atoms with E-state index in [1.807, 2.05) is 56.3 Å². The van der Waals surface area contributed by atoms with E-state index in [2.05, 4.69) is 5.32 Å². The number of carbonyl (C=O) groups is 1. The van der Waals surface area contributed by atoms with Crippen LogP contribution in [0.5, 0.6) is 5.75 Å². The Labute approximate surface area is 136 Å². The third-order valence-corrected chi connectivity index (χ3v) is 3.71. The summed E-state index contributed by atoms with van der Waals surface area (Å²) in [6.07, 6.45) is 0.887. The average Bonchev–Trinajstić information content (AvgIpc) is 2.54. The van der Waals surface area contributed by atoms with Crippen molar-refractivity contribution in [2.75, 3.05) is 6.61 Å². The van der Waals surface area contributed by atoms with E-state index in [1.165, 1.54) is 0 Å². The second-order valence-electron chi connectivity index (χ2n) is 5.18. The number of hydrogen-bond acceptors (Lipinski definition) is 2. The summed E-state index contributed by atoms with van der Waals surface area (Å²) in [7, 11) is 0. The molecule has 0 spiro atoms. The van der Waals surface area contributed by atoms with Crippen molar-refractivity contribution in [3.63, 3.8) is 0 Å². The van der Waals surface area contributed by atoms with Gasteiger partial charge in [-0.15, -0.1) is 0 Å². The minimum atomic E-state index is -0.141. The zero-order chi connectivity index (χ0) is 15.9.